The zero-order valence-electron chi connectivity index (χ0n) is 11.1. The van der Waals surface area contributed by atoms with Crippen molar-refractivity contribution >= 4 is 23.2 Å². The number of piperidine rings is 1. The lowest BCUT2D eigenvalue weighted by Crippen LogP contribution is -2.25. The Bertz CT molecular complexity index is 465. The van der Waals surface area contributed by atoms with Gasteiger partial charge in [0.05, 0.1) is 16.7 Å². The summed E-state index contributed by atoms with van der Waals surface area (Å²) >= 11 is 12.2. The van der Waals surface area contributed by atoms with Crippen LogP contribution < -0.4 is 5.32 Å². The van der Waals surface area contributed by atoms with Gasteiger partial charge in [-0.25, -0.2) is 0 Å². The van der Waals surface area contributed by atoms with Crippen molar-refractivity contribution in [1.29, 1.82) is 0 Å². The molecule has 2 nitrogen and oxygen atoms in total. The van der Waals surface area contributed by atoms with E-state index in [1.165, 1.54) is 12.0 Å². The van der Waals surface area contributed by atoms with E-state index in [-0.39, 0.29) is 5.41 Å². The highest BCUT2D eigenvalue weighted by atomic mass is 35.5. The van der Waals surface area contributed by atoms with Crippen LogP contribution in [0.15, 0.2) is 18.2 Å². The molecule has 3 atom stereocenters. The van der Waals surface area contributed by atoms with Crippen molar-refractivity contribution in [3.05, 3.63) is 33.8 Å². The van der Waals surface area contributed by atoms with E-state index in [0.29, 0.717) is 16.0 Å². The molecule has 19 heavy (non-hydrogen) atoms. The fraction of sp³-hybridized carbons (Fsp3) is 0.600. The molecule has 1 saturated carbocycles. The summed E-state index contributed by atoms with van der Waals surface area (Å²) in [6, 6.07) is 6.05. The number of hydrogen-bond acceptors (Lipinski definition) is 2. The van der Waals surface area contributed by atoms with Crippen LogP contribution in [0.4, 0.5) is 0 Å². The first-order chi connectivity index (χ1) is 9.20. The van der Waals surface area contributed by atoms with Crippen molar-refractivity contribution in [1.82, 2.24) is 5.32 Å². The molecule has 1 aliphatic heterocycles. The van der Waals surface area contributed by atoms with Gasteiger partial charge in [-0.1, -0.05) is 29.3 Å². The topological polar surface area (TPSA) is 21.3 Å². The summed E-state index contributed by atoms with van der Waals surface area (Å²) < 4.78 is 5.77. The molecule has 1 aromatic rings. The summed E-state index contributed by atoms with van der Waals surface area (Å²) in [5, 5.41) is 4.76. The van der Waals surface area contributed by atoms with Gasteiger partial charge in [0, 0.05) is 12.0 Å². The van der Waals surface area contributed by atoms with Gasteiger partial charge in [0.2, 0.25) is 0 Å². The Morgan fingerprint density at radius 3 is 2.79 bits per heavy atom. The molecule has 104 valence electrons. The normalized spacial score (nSPS) is 33.0. The molecule has 1 heterocycles. The van der Waals surface area contributed by atoms with Gasteiger partial charge in [0.15, 0.2) is 0 Å². The minimum Gasteiger partial charge on any atom is -0.381 e. The van der Waals surface area contributed by atoms with E-state index < -0.39 is 0 Å². The van der Waals surface area contributed by atoms with Gasteiger partial charge in [0.1, 0.15) is 0 Å². The van der Waals surface area contributed by atoms with Crippen LogP contribution in [0.3, 0.4) is 0 Å². The lowest BCUT2D eigenvalue weighted by Gasteiger charge is -2.19. The van der Waals surface area contributed by atoms with E-state index in [1.807, 2.05) is 19.1 Å². The number of ether oxygens (including phenoxy) is 1. The number of benzene rings is 1. The molecule has 1 aromatic carbocycles. The molecule has 0 aromatic heterocycles. The maximum atomic E-state index is 6.19. The van der Waals surface area contributed by atoms with Crippen LogP contribution in [0, 0.1) is 11.8 Å². The average molecular weight is 300 g/mol. The van der Waals surface area contributed by atoms with Gasteiger partial charge in [-0.15, -0.1) is 0 Å². The maximum Gasteiger partial charge on any atom is 0.0595 e. The van der Waals surface area contributed by atoms with E-state index in [9.17, 15) is 0 Å². The fourth-order valence-electron chi connectivity index (χ4n) is 3.68. The number of fused-ring (bicyclic) bond motifs is 1. The summed E-state index contributed by atoms with van der Waals surface area (Å²) in [6.45, 7) is 5.79. The first kappa shape index (κ1) is 13.7. The van der Waals surface area contributed by atoms with Gasteiger partial charge >= 0.3 is 0 Å². The summed E-state index contributed by atoms with van der Waals surface area (Å²) in [6.07, 6.45) is 1.22. The molecule has 1 unspecified atom stereocenters. The third-order valence-electron chi connectivity index (χ3n) is 4.70. The van der Waals surface area contributed by atoms with E-state index in [0.717, 1.165) is 32.2 Å². The van der Waals surface area contributed by atoms with E-state index in [2.05, 4.69) is 11.4 Å². The highest BCUT2D eigenvalue weighted by Crippen LogP contribution is 2.62. The average Bonchev–Trinajstić information content (AvgIpc) is 3.09. The molecule has 0 bridgehead atoms. The smallest absolute Gasteiger partial charge is 0.0595 e. The molecule has 2 fully saturated rings. The quantitative estimate of drug-likeness (QED) is 0.919. The number of rotatable bonds is 4. The second-order valence-electron chi connectivity index (χ2n) is 5.51. The third kappa shape index (κ3) is 2.19. The Hall–Kier alpha value is -0.280. The summed E-state index contributed by atoms with van der Waals surface area (Å²) in [4.78, 5) is 0. The molecular weight excluding hydrogens is 281 g/mol. The third-order valence-corrected chi connectivity index (χ3v) is 5.44. The standard InChI is InChI=1S/C15H19Cl2NO/c1-2-19-9-15(11-5-6-18-8-12(11)15)10-3-4-13(16)14(17)7-10/h3-4,7,11-12,18H,2,5-6,8-9H2,1H3/t11?,12-,15-/m0/s1. The van der Waals surface area contributed by atoms with Crippen molar-refractivity contribution in [2.24, 2.45) is 11.8 Å². The van der Waals surface area contributed by atoms with Gasteiger partial charge in [-0.2, -0.15) is 0 Å². The first-order valence-electron chi connectivity index (χ1n) is 6.94. The van der Waals surface area contributed by atoms with Crippen molar-refractivity contribution in [3.63, 3.8) is 0 Å². The van der Waals surface area contributed by atoms with Crippen molar-refractivity contribution in [2.75, 3.05) is 26.3 Å². The lowest BCUT2D eigenvalue weighted by molar-refractivity contribution is 0.117. The second kappa shape index (κ2) is 5.25. The van der Waals surface area contributed by atoms with Crippen molar-refractivity contribution < 1.29 is 4.74 Å². The van der Waals surface area contributed by atoms with Crippen LogP contribution in [-0.2, 0) is 10.2 Å². The van der Waals surface area contributed by atoms with Crippen LogP contribution in [0.5, 0.6) is 0 Å². The molecule has 1 N–H and O–H groups in total. The Balaban J connectivity index is 1.93. The first-order valence-corrected chi connectivity index (χ1v) is 7.69. The molecule has 0 spiro atoms. The molecular formula is C15H19Cl2NO. The Kier molecular flexibility index (Phi) is 3.78. The van der Waals surface area contributed by atoms with Crippen molar-refractivity contribution in [2.45, 2.75) is 18.8 Å². The second-order valence-corrected chi connectivity index (χ2v) is 6.33. The van der Waals surface area contributed by atoms with E-state index >= 15 is 0 Å². The summed E-state index contributed by atoms with van der Waals surface area (Å²) in [5.41, 5.74) is 1.43. The van der Waals surface area contributed by atoms with E-state index in [1.54, 1.807) is 0 Å². The highest BCUT2D eigenvalue weighted by Gasteiger charge is 2.65. The van der Waals surface area contributed by atoms with Crippen LogP contribution in [0.2, 0.25) is 10.0 Å². The molecule has 4 heteroatoms. The lowest BCUT2D eigenvalue weighted by atomic mass is 9.92. The fourth-order valence-corrected chi connectivity index (χ4v) is 3.98. The Morgan fingerprint density at radius 2 is 2.16 bits per heavy atom. The highest BCUT2D eigenvalue weighted by molar-refractivity contribution is 6.42. The molecule has 0 amide bonds. The van der Waals surface area contributed by atoms with Gasteiger partial charge in [0.25, 0.3) is 0 Å². The maximum absolute atomic E-state index is 6.19. The zero-order valence-corrected chi connectivity index (χ0v) is 12.6. The summed E-state index contributed by atoms with van der Waals surface area (Å²) in [7, 11) is 0. The van der Waals surface area contributed by atoms with E-state index in [4.69, 9.17) is 27.9 Å². The monoisotopic (exact) mass is 299 g/mol. The zero-order chi connectivity index (χ0) is 13.5. The van der Waals surface area contributed by atoms with Crippen LogP contribution >= 0.6 is 23.2 Å². The molecule has 3 rings (SSSR count). The number of halogens is 2. The molecule has 0 radical (unpaired) electrons. The van der Waals surface area contributed by atoms with Crippen LogP contribution in [-0.4, -0.2) is 26.3 Å². The molecule has 1 aliphatic carbocycles. The minimum absolute atomic E-state index is 0.147. The summed E-state index contributed by atoms with van der Waals surface area (Å²) in [5.74, 6) is 1.39. The Labute approximate surface area is 124 Å². The number of hydrogen-bond donors (Lipinski definition) is 1. The number of nitrogens with one attached hydrogen (secondary N) is 1. The van der Waals surface area contributed by atoms with Gasteiger partial charge in [-0.05, 0) is 56.0 Å². The molecule has 1 saturated heterocycles. The SMILES string of the molecule is CCOC[C@]1(c2ccc(Cl)c(Cl)c2)C2CCNC[C@@H]21. The predicted molar refractivity (Wildman–Crippen MR) is 79.1 cm³/mol. The predicted octanol–water partition coefficient (Wildman–Crippen LogP) is 3.51. The van der Waals surface area contributed by atoms with Gasteiger partial charge in [-0.3, -0.25) is 0 Å². The Morgan fingerprint density at radius 1 is 1.32 bits per heavy atom. The van der Waals surface area contributed by atoms with Crippen LogP contribution in [0.1, 0.15) is 18.9 Å². The van der Waals surface area contributed by atoms with Gasteiger partial charge < -0.3 is 10.1 Å². The molecule has 2 aliphatic rings. The van der Waals surface area contributed by atoms with Crippen molar-refractivity contribution in [3.8, 4) is 0 Å². The van der Waals surface area contributed by atoms with Crippen LogP contribution in [0.25, 0.3) is 0 Å². The minimum atomic E-state index is 0.147. The largest absolute Gasteiger partial charge is 0.381 e.